The Balaban J connectivity index is -0.0000000675. The first kappa shape index (κ1) is 24.0. The van der Waals surface area contributed by atoms with Crippen LogP contribution in [0.1, 0.15) is 20.3 Å². The summed E-state index contributed by atoms with van der Waals surface area (Å²) in [5, 5.41) is 7.00. The van der Waals surface area contributed by atoms with Gasteiger partial charge in [-0.25, -0.2) is 0 Å². The van der Waals surface area contributed by atoms with Crippen molar-refractivity contribution in [2.24, 2.45) is 0 Å². The molecule has 0 atom stereocenters. The molecule has 0 fully saturated rings. The monoisotopic (exact) mass is 241 g/mol. The van der Waals surface area contributed by atoms with Crippen LogP contribution in [-0.4, -0.2) is 56.5 Å². The second-order valence-electron chi connectivity index (χ2n) is 4.26. The Kier molecular flexibility index (Phi) is 21.7. The van der Waals surface area contributed by atoms with Crippen LogP contribution in [0.5, 0.6) is 0 Å². The number of aliphatic hydroxyl groups excluding tert-OH is 1. The molecule has 0 aliphatic carbocycles. The van der Waals surface area contributed by atoms with Crippen LogP contribution < -0.4 is 12.4 Å². The quantitative estimate of drug-likeness (QED) is 0.429. The Morgan fingerprint density at radius 2 is 1.07 bits per heavy atom. The Morgan fingerprint density at radius 3 is 1.07 bits per heavy atom. The van der Waals surface area contributed by atoms with Gasteiger partial charge < -0.3 is 22.0 Å². The van der Waals surface area contributed by atoms with E-state index in [0.717, 1.165) is 11.6 Å². The second kappa shape index (κ2) is 13.5. The molecule has 0 unspecified atom stereocenters. The standard InChI is InChI=1S/C5H8O2.C4H12N.CH4O.ClH/c1-4(6)3-5(2)7;1-5(2,3)4;1-2;/h3H2,1-2H3;1-4H3;2H,1H3;1H/q;+1;;/p-1. The maximum absolute atomic E-state index is 10.0. The van der Waals surface area contributed by atoms with E-state index in [2.05, 4.69) is 28.2 Å². The van der Waals surface area contributed by atoms with E-state index >= 15 is 0 Å². The molecule has 0 saturated carbocycles. The van der Waals surface area contributed by atoms with Gasteiger partial charge in [0.15, 0.2) is 0 Å². The van der Waals surface area contributed by atoms with Crippen LogP contribution in [0.3, 0.4) is 0 Å². The van der Waals surface area contributed by atoms with Gasteiger partial charge in [-0.3, -0.25) is 9.59 Å². The van der Waals surface area contributed by atoms with Gasteiger partial charge in [-0.15, -0.1) is 0 Å². The van der Waals surface area contributed by atoms with Gasteiger partial charge in [-0.1, -0.05) is 0 Å². The number of Topliss-reactive ketones (excluding diaryl/α,β-unsaturated/α-hetero) is 2. The number of aliphatic hydroxyl groups is 1. The predicted molar refractivity (Wildman–Crippen MR) is 58.1 cm³/mol. The lowest BCUT2D eigenvalue weighted by molar-refractivity contribution is -0.849. The van der Waals surface area contributed by atoms with Gasteiger partial charge in [0.2, 0.25) is 0 Å². The van der Waals surface area contributed by atoms with Gasteiger partial charge in [0, 0.05) is 7.11 Å². The Labute approximate surface area is 99.3 Å². The van der Waals surface area contributed by atoms with E-state index < -0.39 is 0 Å². The lowest BCUT2D eigenvalue weighted by Gasteiger charge is -2.14. The molecular weight excluding hydrogens is 218 g/mol. The Bertz CT molecular complexity index is 147. The fourth-order valence-electron chi connectivity index (χ4n) is 0.351. The smallest absolute Gasteiger partial charge is 0.137 e. The summed E-state index contributed by atoms with van der Waals surface area (Å²) in [6.45, 7) is 2.81. The van der Waals surface area contributed by atoms with E-state index in [1.54, 1.807) is 0 Å². The molecule has 0 aromatic rings. The average Bonchev–Trinajstić information content (AvgIpc) is 1.84. The minimum Gasteiger partial charge on any atom is -1.00 e. The number of hydrogen-bond acceptors (Lipinski definition) is 3. The van der Waals surface area contributed by atoms with Crippen LogP contribution in [0.25, 0.3) is 0 Å². The molecule has 0 radical (unpaired) electrons. The third-order valence-electron chi connectivity index (χ3n) is 0.498. The van der Waals surface area contributed by atoms with Crippen LogP contribution in [0.2, 0.25) is 0 Å². The lowest BCUT2D eigenvalue weighted by atomic mass is 10.2. The van der Waals surface area contributed by atoms with E-state index in [9.17, 15) is 9.59 Å². The Hall–Kier alpha value is -0.450. The molecule has 4 nitrogen and oxygen atoms in total. The molecule has 0 aromatic heterocycles. The van der Waals surface area contributed by atoms with Gasteiger partial charge in [0.25, 0.3) is 0 Å². The van der Waals surface area contributed by atoms with Crippen LogP contribution in [0.15, 0.2) is 0 Å². The number of quaternary nitrogens is 1. The van der Waals surface area contributed by atoms with Crippen LogP contribution in [-0.2, 0) is 9.59 Å². The first-order valence-corrected chi connectivity index (χ1v) is 4.35. The normalized spacial score (nSPS) is 8.27. The van der Waals surface area contributed by atoms with Gasteiger partial charge >= 0.3 is 0 Å². The molecule has 94 valence electrons. The summed E-state index contributed by atoms with van der Waals surface area (Å²) in [6, 6.07) is 0. The van der Waals surface area contributed by atoms with Crippen LogP contribution in [0, 0.1) is 0 Å². The minimum absolute atomic E-state index is 0. The van der Waals surface area contributed by atoms with E-state index in [0.29, 0.717) is 0 Å². The highest BCUT2D eigenvalue weighted by Gasteiger charge is 1.94. The molecule has 0 heterocycles. The summed E-state index contributed by atoms with van der Waals surface area (Å²) >= 11 is 0. The topological polar surface area (TPSA) is 54.4 Å². The van der Waals surface area contributed by atoms with Crippen LogP contribution in [0.4, 0.5) is 0 Å². The van der Waals surface area contributed by atoms with Crippen molar-refractivity contribution in [3.8, 4) is 0 Å². The predicted octanol–water partition coefficient (Wildman–Crippen LogP) is -2.51. The van der Waals surface area contributed by atoms with Crippen molar-refractivity contribution in [2.45, 2.75) is 20.3 Å². The van der Waals surface area contributed by atoms with Crippen molar-refractivity contribution in [1.29, 1.82) is 0 Å². The molecule has 0 spiro atoms. The van der Waals surface area contributed by atoms with Crippen molar-refractivity contribution < 1.29 is 31.6 Å². The molecule has 1 N–H and O–H groups in total. The first-order valence-electron chi connectivity index (χ1n) is 4.35. The SMILES string of the molecule is CC(=O)CC(C)=O.CO.C[N+](C)(C)C.[Cl-]. The fourth-order valence-corrected chi connectivity index (χ4v) is 0.351. The van der Waals surface area contributed by atoms with Crippen molar-refractivity contribution in [2.75, 3.05) is 35.3 Å². The highest BCUT2D eigenvalue weighted by atomic mass is 35.5. The third-order valence-corrected chi connectivity index (χ3v) is 0.498. The van der Waals surface area contributed by atoms with E-state index in [1.165, 1.54) is 13.8 Å². The molecule has 0 bridgehead atoms. The molecule has 15 heavy (non-hydrogen) atoms. The highest BCUT2D eigenvalue weighted by Crippen LogP contribution is 1.80. The Morgan fingerprint density at radius 1 is 0.933 bits per heavy atom. The van der Waals surface area contributed by atoms with Gasteiger partial charge in [0.1, 0.15) is 11.6 Å². The summed E-state index contributed by atoms with van der Waals surface area (Å²) < 4.78 is 1.00. The number of carbonyl (C=O) groups is 2. The maximum Gasteiger partial charge on any atom is 0.137 e. The second-order valence-corrected chi connectivity index (χ2v) is 4.26. The molecule has 0 amide bonds. The summed E-state index contributed by atoms with van der Waals surface area (Å²) in [7, 11) is 9.50. The summed E-state index contributed by atoms with van der Waals surface area (Å²) in [5.41, 5.74) is 0. The number of hydrogen-bond donors (Lipinski definition) is 1. The van der Waals surface area contributed by atoms with Gasteiger partial charge in [-0.05, 0) is 13.8 Å². The molecule has 5 heteroatoms. The number of ketones is 2. The van der Waals surface area contributed by atoms with Crippen molar-refractivity contribution in [1.82, 2.24) is 0 Å². The number of rotatable bonds is 2. The van der Waals surface area contributed by atoms with E-state index in [1.807, 2.05) is 0 Å². The zero-order chi connectivity index (χ0) is 12.4. The highest BCUT2D eigenvalue weighted by molar-refractivity contribution is 5.96. The largest absolute Gasteiger partial charge is 1.00 e. The molecule has 0 aliphatic rings. The summed E-state index contributed by atoms with van der Waals surface area (Å²) in [5.74, 6) is -0.125. The van der Waals surface area contributed by atoms with Crippen molar-refractivity contribution in [3.05, 3.63) is 0 Å². The summed E-state index contributed by atoms with van der Waals surface area (Å²) in [4.78, 5) is 20.1. The third kappa shape index (κ3) is 143. The van der Waals surface area contributed by atoms with Gasteiger partial charge in [0.05, 0.1) is 34.6 Å². The molecular formula is C10H24ClNO3. The summed E-state index contributed by atoms with van der Waals surface area (Å²) in [6.07, 6.45) is 0.0833. The zero-order valence-corrected chi connectivity index (χ0v) is 11.6. The number of carbonyl (C=O) groups excluding carboxylic acids is 2. The molecule has 0 aromatic carbocycles. The molecule has 0 saturated heterocycles. The molecule has 0 rings (SSSR count). The minimum atomic E-state index is -0.0625. The fraction of sp³-hybridized carbons (Fsp3) is 0.800. The van der Waals surface area contributed by atoms with Crippen molar-refractivity contribution in [3.63, 3.8) is 0 Å². The number of nitrogens with zero attached hydrogens (tertiary/aromatic N) is 1. The van der Waals surface area contributed by atoms with E-state index in [-0.39, 0.29) is 30.4 Å². The van der Waals surface area contributed by atoms with Crippen LogP contribution >= 0.6 is 0 Å². The van der Waals surface area contributed by atoms with E-state index in [4.69, 9.17) is 5.11 Å². The lowest BCUT2D eigenvalue weighted by Crippen LogP contribution is -3.00. The van der Waals surface area contributed by atoms with Gasteiger partial charge in [-0.2, -0.15) is 0 Å². The molecule has 0 aliphatic heterocycles. The zero-order valence-electron chi connectivity index (χ0n) is 10.8. The maximum atomic E-state index is 10.0. The average molecular weight is 242 g/mol. The number of halogens is 1. The first-order chi connectivity index (χ1) is 6.13. The van der Waals surface area contributed by atoms with Crippen molar-refractivity contribution >= 4 is 11.6 Å².